The Labute approximate surface area is 125 Å². The van der Waals surface area contributed by atoms with Gasteiger partial charge in [0.05, 0.1) is 5.69 Å². The standard InChI is InChI=1S/C16H22N4O/c1-11(18-12(2)16-8-9-17-20(16)4)14-6-5-7-15(10-14)19-13(3)21/h5-12,18H,1-4H3,(H,19,21). The second kappa shape index (κ2) is 6.54. The molecule has 1 heterocycles. The van der Waals surface area contributed by atoms with E-state index in [0.717, 1.165) is 16.9 Å². The average molecular weight is 286 g/mol. The Morgan fingerprint density at radius 3 is 2.62 bits per heavy atom. The number of anilines is 1. The van der Waals surface area contributed by atoms with E-state index in [1.54, 1.807) is 6.20 Å². The molecule has 1 amide bonds. The lowest BCUT2D eigenvalue weighted by atomic mass is 10.1. The molecule has 2 rings (SSSR count). The van der Waals surface area contributed by atoms with E-state index in [2.05, 4.69) is 35.6 Å². The number of rotatable bonds is 5. The maximum atomic E-state index is 11.1. The predicted octanol–water partition coefficient (Wildman–Crippen LogP) is 2.79. The van der Waals surface area contributed by atoms with Gasteiger partial charge in [0.1, 0.15) is 0 Å². The minimum absolute atomic E-state index is 0.0592. The molecule has 1 aromatic carbocycles. The SMILES string of the molecule is CC(=O)Nc1cccc(C(C)NC(C)c2ccnn2C)c1. The van der Waals surface area contributed by atoms with Crippen LogP contribution in [0, 0.1) is 0 Å². The molecule has 0 spiro atoms. The number of amides is 1. The third-order valence-corrected chi connectivity index (χ3v) is 3.51. The molecule has 2 aromatic rings. The first-order valence-corrected chi connectivity index (χ1v) is 7.09. The second-order valence-electron chi connectivity index (χ2n) is 5.30. The van der Waals surface area contributed by atoms with Crippen LogP contribution >= 0.6 is 0 Å². The number of hydrogen-bond donors (Lipinski definition) is 2. The van der Waals surface area contributed by atoms with Crippen molar-refractivity contribution in [1.82, 2.24) is 15.1 Å². The number of nitrogens with zero attached hydrogens (tertiary/aromatic N) is 2. The highest BCUT2D eigenvalue weighted by Crippen LogP contribution is 2.21. The van der Waals surface area contributed by atoms with Crippen LogP contribution in [0.1, 0.15) is 44.1 Å². The summed E-state index contributed by atoms with van der Waals surface area (Å²) in [7, 11) is 1.94. The van der Waals surface area contributed by atoms with Crippen molar-refractivity contribution in [3.05, 3.63) is 47.8 Å². The Balaban J connectivity index is 2.08. The van der Waals surface area contributed by atoms with Crippen LogP contribution in [0.15, 0.2) is 36.5 Å². The van der Waals surface area contributed by atoms with Crippen molar-refractivity contribution >= 4 is 11.6 Å². The van der Waals surface area contributed by atoms with Gasteiger partial charge in [-0.1, -0.05) is 12.1 Å². The molecule has 2 unspecified atom stereocenters. The quantitative estimate of drug-likeness (QED) is 0.888. The summed E-state index contributed by atoms with van der Waals surface area (Å²) < 4.78 is 1.87. The fourth-order valence-corrected chi connectivity index (χ4v) is 2.45. The number of aromatic nitrogens is 2. The summed E-state index contributed by atoms with van der Waals surface area (Å²) >= 11 is 0. The van der Waals surface area contributed by atoms with E-state index in [0.29, 0.717) is 0 Å². The lowest BCUT2D eigenvalue weighted by molar-refractivity contribution is -0.114. The number of nitrogens with one attached hydrogen (secondary N) is 2. The lowest BCUT2D eigenvalue weighted by Gasteiger charge is -2.21. The number of carbonyl (C=O) groups is 1. The summed E-state index contributed by atoms with van der Waals surface area (Å²) in [5, 5.41) is 10.5. The molecule has 0 aliphatic carbocycles. The van der Waals surface area contributed by atoms with Crippen molar-refractivity contribution < 1.29 is 4.79 Å². The Hall–Kier alpha value is -2.14. The van der Waals surface area contributed by atoms with Gasteiger partial charge in [0.25, 0.3) is 0 Å². The average Bonchev–Trinajstić information content (AvgIpc) is 2.84. The Morgan fingerprint density at radius 2 is 2.00 bits per heavy atom. The van der Waals surface area contributed by atoms with Gasteiger partial charge in [-0.15, -0.1) is 0 Å². The van der Waals surface area contributed by atoms with Crippen LogP contribution in [0.2, 0.25) is 0 Å². The van der Waals surface area contributed by atoms with Crippen molar-refractivity contribution in [3.8, 4) is 0 Å². The summed E-state index contributed by atoms with van der Waals surface area (Å²) in [6, 6.07) is 10.3. The first-order valence-electron chi connectivity index (χ1n) is 7.09. The fourth-order valence-electron chi connectivity index (χ4n) is 2.45. The normalized spacial score (nSPS) is 13.7. The number of aryl methyl sites for hydroxylation is 1. The molecule has 5 heteroatoms. The van der Waals surface area contributed by atoms with Crippen molar-refractivity contribution in [1.29, 1.82) is 0 Å². The molecule has 21 heavy (non-hydrogen) atoms. The molecule has 112 valence electrons. The predicted molar refractivity (Wildman–Crippen MR) is 83.9 cm³/mol. The molecule has 2 N–H and O–H groups in total. The number of hydrogen-bond acceptors (Lipinski definition) is 3. The van der Waals surface area contributed by atoms with E-state index in [-0.39, 0.29) is 18.0 Å². The van der Waals surface area contributed by atoms with Crippen LogP contribution < -0.4 is 10.6 Å². The Kier molecular flexibility index (Phi) is 4.75. The molecule has 0 bridgehead atoms. The van der Waals surface area contributed by atoms with Gasteiger partial charge in [-0.05, 0) is 37.6 Å². The largest absolute Gasteiger partial charge is 0.326 e. The van der Waals surface area contributed by atoms with Crippen molar-refractivity contribution in [2.45, 2.75) is 32.9 Å². The van der Waals surface area contributed by atoms with E-state index in [9.17, 15) is 4.79 Å². The van der Waals surface area contributed by atoms with Crippen LogP contribution in [-0.4, -0.2) is 15.7 Å². The minimum Gasteiger partial charge on any atom is -0.326 e. The van der Waals surface area contributed by atoms with Gasteiger partial charge < -0.3 is 10.6 Å². The van der Waals surface area contributed by atoms with Gasteiger partial charge in [0.15, 0.2) is 0 Å². The first kappa shape index (κ1) is 15.3. The third kappa shape index (κ3) is 3.92. The third-order valence-electron chi connectivity index (χ3n) is 3.51. The number of carbonyl (C=O) groups excluding carboxylic acids is 1. The van der Waals surface area contributed by atoms with Gasteiger partial charge >= 0.3 is 0 Å². The van der Waals surface area contributed by atoms with Gasteiger partial charge in [-0.25, -0.2) is 0 Å². The van der Waals surface area contributed by atoms with E-state index in [4.69, 9.17) is 0 Å². The van der Waals surface area contributed by atoms with E-state index >= 15 is 0 Å². The van der Waals surface area contributed by atoms with Crippen LogP contribution in [0.5, 0.6) is 0 Å². The summed E-state index contributed by atoms with van der Waals surface area (Å²) in [6.07, 6.45) is 1.80. The molecule has 0 saturated heterocycles. The topological polar surface area (TPSA) is 59.0 Å². The monoisotopic (exact) mass is 286 g/mol. The zero-order chi connectivity index (χ0) is 15.4. The van der Waals surface area contributed by atoms with Gasteiger partial charge in [0.2, 0.25) is 5.91 Å². The molecule has 0 fully saturated rings. The molecule has 0 radical (unpaired) electrons. The highest BCUT2D eigenvalue weighted by Gasteiger charge is 2.14. The summed E-state index contributed by atoms with van der Waals surface area (Å²) in [4.78, 5) is 11.1. The first-order chi connectivity index (χ1) is 9.97. The van der Waals surface area contributed by atoms with Crippen molar-refractivity contribution in [3.63, 3.8) is 0 Å². The van der Waals surface area contributed by atoms with Crippen molar-refractivity contribution in [2.75, 3.05) is 5.32 Å². The highest BCUT2D eigenvalue weighted by molar-refractivity contribution is 5.88. The van der Waals surface area contributed by atoms with Gasteiger partial charge in [0, 0.05) is 37.9 Å². The Bertz CT molecular complexity index is 620. The second-order valence-corrected chi connectivity index (χ2v) is 5.30. The molecule has 0 aliphatic heterocycles. The zero-order valence-electron chi connectivity index (χ0n) is 12.9. The van der Waals surface area contributed by atoms with E-state index in [1.165, 1.54) is 6.92 Å². The van der Waals surface area contributed by atoms with E-state index in [1.807, 2.05) is 36.0 Å². The molecule has 0 saturated carbocycles. The molecule has 1 aromatic heterocycles. The molecular weight excluding hydrogens is 264 g/mol. The molecular formula is C16H22N4O. The van der Waals surface area contributed by atoms with Crippen LogP contribution in [0.3, 0.4) is 0 Å². The van der Waals surface area contributed by atoms with Crippen LogP contribution in [-0.2, 0) is 11.8 Å². The van der Waals surface area contributed by atoms with Crippen LogP contribution in [0.25, 0.3) is 0 Å². The van der Waals surface area contributed by atoms with Gasteiger partial charge in [-0.2, -0.15) is 5.10 Å². The lowest BCUT2D eigenvalue weighted by Crippen LogP contribution is -2.24. The van der Waals surface area contributed by atoms with E-state index < -0.39 is 0 Å². The Morgan fingerprint density at radius 1 is 1.24 bits per heavy atom. The minimum atomic E-state index is -0.0592. The van der Waals surface area contributed by atoms with Gasteiger partial charge in [-0.3, -0.25) is 9.48 Å². The van der Waals surface area contributed by atoms with Crippen LogP contribution in [0.4, 0.5) is 5.69 Å². The fraction of sp³-hybridized carbons (Fsp3) is 0.375. The smallest absolute Gasteiger partial charge is 0.221 e. The highest BCUT2D eigenvalue weighted by atomic mass is 16.1. The molecule has 0 aliphatic rings. The molecule has 5 nitrogen and oxygen atoms in total. The van der Waals surface area contributed by atoms with Crippen molar-refractivity contribution in [2.24, 2.45) is 7.05 Å². The summed E-state index contributed by atoms with van der Waals surface area (Å²) in [5.41, 5.74) is 3.09. The maximum Gasteiger partial charge on any atom is 0.221 e. The summed E-state index contributed by atoms with van der Waals surface area (Å²) in [5.74, 6) is -0.0592. The number of benzene rings is 1. The zero-order valence-corrected chi connectivity index (χ0v) is 12.9. The summed E-state index contributed by atoms with van der Waals surface area (Å²) in [6.45, 7) is 5.74. The molecule has 2 atom stereocenters. The maximum absolute atomic E-state index is 11.1.